The molecular formula is C11H20N4O. The molecule has 90 valence electrons. The Morgan fingerprint density at radius 2 is 2.25 bits per heavy atom. The smallest absolute Gasteiger partial charge is 0.150 e. The molecule has 5 heteroatoms. The predicted molar refractivity (Wildman–Crippen MR) is 64.5 cm³/mol. The fourth-order valence-corrected chi connectivity index (χ4v) is 2.26. The SMILES string of the molecule is CCn1nc(C)c(N)c1N1CCC(C)(O)C1. The van der Waals surface area contributed by atoms with Crippen LogP contribution >= 0.6 is 0 Å². The van der Waals surface area contributed by atoms with Gasteiger partial charge in [0, 0.05) is 19.6 Å². The van der Waals surface area contributed by atoms with E-state index >= 15 is 0 Å². The van der Waals surface area contributed by atoms with Crippen LogP contribution in [-0.4, -0.2) is 33.6 Å². The summed E-state index contributed by atoms with van der Waals surface area (Å²) in [6.07, 6.45) is 0.778. The minimum atomic E-state index is -0.608. The largest absolute Gasteiger partial charge is 0.394 e. The summed E-state index contributed by atoms with van der Waals surface area (Å²) in [4.78, 5) is 2.12. The van der Waals surface area contributed by atoms with Gasteiger partial charge in [-0.3, -0.25) is 0 Å². The Kier molecular flexibility index (Phi) is 2.58. The molecule has 1 aliphatic heterocycles. The van der Waals surface area contributed by atoms with E-state index in [1.807, 2.05) is 25.5 Å². The minimum absolute atomic E-state index is 0.608. The van der Waals surface area contributed by atoms with E-state index in [2.05, 4.69) is 10.00 Å². The van der Waals surface area contributed by atoms with Crippen molar-refractivity contribution in [1.82, 2.24) is 9.78 Å². The molecule has 1 aliphatic rings. The molecule has 2 rings (SSSR count). The highest BCUT2D eigenvalue weighted by molar-refractivity contribution is 5.66. The van der Waals surface area contributed by atoms with Gasteiger partial charge in [-0.25, -0.2) is 4.68 Å². The van der Waals surface area contributed by atoms with Crippen molar-refractivity contribution in [2.24, 2.45) is 0 Å². The van der Waals surface area contributed by atoms with Crippen LogP contribution in [0.1, 0.15) is 26.0 Å². The second-order valence-electron chi connectivity index (χ2n) is 4.81. The van der Waals surface area contributed by atoms with E-state index in [9.17, 15) is 5.11 Å². The highest BCUT2D eigenvalue weighted by atomic mass is 16.3. The van der Waals surface area contributed by atoms with E-state index in [-0.39, 0.29) is 0 Å². The van der Waals surface area contributed by atoms with E-state index in [1.165, 1.54) is 0 Å². The molecule has 0 radical (unpaired) electrons. The molecule has 1 saturated heterocycles. The Balaban J connectivity index is 2.34. The number of aromatic nitrogens is 2. The molecule has 5 nitrogen and oxygen atoms in total. The summed E-state index contributed by atoms with van der Waals surface area (Å²) in [6, 6.07) is 0. The summed E-state index contributed by atoms with van der Waals surface area (Å²) in [5.41, 5.74) is 7.03. The Morgan fingerprint density at radius 3 is 2.75 bits per heavy atom. The number of nitrogens with zero attached hydrogens (tertiary/aromatic N) is 3. The lowest BCUT2D eigenvalue weighted by Crippen LogP contribution is -2.31. The number of aliphatic hydroxyl groups is 1. The first-order chi connectivity index (χ1) is 7.44. The molecule has 1 aromatic heterocycles. The Morgan fingerprint density at radius 1 is 1.56 bits per heavy atom. The van der Waals surface area contributed by atoms with Crippen LogP contribution in [0.5, 0.6) is 0 Å². The second-order valence-corrected chi connectivity index (χ2v) is 4.81. The third-order valence-electron chi connectivity index (χ3n) is 3.20. The number of anilines is 2. The van der Waals surface area contributed by atoms with E-state index in [1.54, 1.807) is 0 Å². The summed E-state index contributed by atoms with van der Waals surface area (Å²) < 4.78 is 1.91. The Bertz CT molecular complexity index is 397. The first kappa shape index (κ1) is 11.3. The summed E-state index contributed by atoms with van der Waals surface area (Å²) in [7, 11) is 0. The molecule has 0 amide bonds. The summed E-state index contributed by atoms with van der Waals surface area (Å²) >= 11 is 0. The second kappa shape index (κ2) is 3.66. The van der Waals surface area contributed by atoms with Gasteiger partial charge in [-0.1, -0.05) is 0 Å². The van der Waals surface area contributed by atoms with Crippen molar-refractivity contribution >= 4 is 11.5 Å². The van der Waals surface area contributed by atoms with Crippen LogP contribution in [0.3, 0.4) is 0 Å². The van der Waals surface area contributed by atoms with Crippen molar-refractivity contribution in [1.29, 1.82) is 0 Å². The van der Waals surface area contributed by atoms with Gasteiger partial charge in [0.1, 0.15) is 0 Å². The molecule has 0 spiro atoms. The number of β-amino-alcohol motifs (C(OH)–C–C–N with tert-alkyl or cyclic N) is 1. The standard InChI is InChI=1S/C11H20N4O/c1-4-15-10(9(12)8(2)13-15)14-6-5-11(3,16)7-14/h16H,4-7,12H2,1-3H3. The molecule has 2 heterocycles. The minimum Gasteiger partial charge on any atom is -0.394 e. The number of nitrogens with two attached hydrogens (primary N) is 1. The number of rotatable bonds is 2. The molecule has 0 aliphatic carbocycles. The first-order valence-corrected chi connectivity index (χ1v) is 5.75. The molecule has 3 N–H and O–H groups in total. The zero-order chi connectivity index (χ0) is 11.9. The fraction of sp³-hybridized carbons (Fsp3) is 0.727. The summed E-state index contributed by atoms with van der Waals surface area (Å²) in [6.45, 7) is 8.09. The topological polar surface area (TPSA) is 67.3 Å². The maximum absolute atomic E-state index is 9.98. The summed E-state index contributed by atoms with van der Waals surface area (Å²) in [5.74, 6) is 0.956. The molecule has 0 saturated carbocycles. The van der Waals surface area contributed by atoms with Crippen LogP contribution in [0.2, 0.25) is 0 Å². The van der Waals surface area contributed by atoms with Crippen LogP contribution in [-0.2, 0) is 6.54 Å². The maximum atomic E-state index is 9.98. The molecule has 0 aromatic carbocycles. The molecule has 0 bridgehead atoms. The van der Waals surface area contributed by atoms with Crippen molar-refractivity contribution in [2.75, 3.05) is 23.7 Å². The van der Waals surface area contributed by atoms with Crippen LogP contribution in [0, 0.1) is 6.92 Å². The maximum Gasteiger partial charge on any atom is 0.150 e. The Hall–Kier alpha value is -1.23. The van der Waals surface area contributed by atoms with E-state index in [0.717, 1.165) is 36.7 Å². The van der Waals surface area contributed by atoms with E-state index in [4.69, 9.17) is 5.73 Å². The van der Waals surface area contributed by atoms with Gasteiger partial charge in [0.05, 0.1) is 17.0 Å². The highest BCUT2D eigenvalue weighted by Gasteiger charge is 2.34. The van der Waals surface area contributed by atoms with E-state index in [0.29, 0.717) is 6.54 Å². The molecule has 1 atom stereocenters. The fourth-order valence-electron chi connectivity index (χ4n) is 2.26. The van der Waals surface area contributed by atoms with Crippen LogP contribution in [0.15, 0.2) is 0 Å². The molecule has 1 aromatic rings. The monoisotopic (exact) mass is 224 g/mol. The molecule has 1 unspecified atom stereocenters. The average Bonchev–Trinajstić information content (AvgIpc) is 2.69. The number of aryl methyl sites for hydroxylation is 2. The van der Waals surface area contributed by atoms with Crippen molar-refractivity contribution in [3.8, 4) is 0 Å². The van der Waals surface area contributed by atoms with Gasteiger partial charge >= 0.3 is 0 Å². The number of hydrogen-bond donors (Lipinski definition) is 2. The lowest BCUT2D eigenvalue weighted by molar-refractivity contribution is 0.0838. The van der Waals surface area contributed by atoms with Crippen molar-refractivity contribution in [3.63, 3.8) is 0 Å². The highest BCUT2D eigenvalue weighted by Crippen LogP contribution is 2.32. The lowest BCUT2D eigenvalue weighted by Gasteiger charge is -2.21. The van der Waals surface area contributed by atoms with Gasteiger partial charge < -0.3 is 15.7 Å². The summed E-state index contributed by atoms with van der Waals surface area (Å²) in [5, 5.41) is 14.4. The lowest BCUT2D eigenvalue weighted by atomic mass is 10.1. The quantitative estimate of drug-likeness (QED) is 0.778. The van der Waals surface area contributed by atoms with Crippen LogP contribution in [0.25, 0.3) is 0 Å². The van der Waals surface area contributed by atoms with E-state index < -0.39 is 5.60 Å². The van der Waals surface area contributed by atoms with Gasteiger partial charge in [0.2, 0.25) is 0 Å². The van der Waals surface area contributed by atoms with Crippen molar-refractivity contribution < 1.29 is 5.11 Å². The third kappa shape index (κ3) is 1.75. The van der Waals surface area contributed by atoms with Gasteiger partial charge in [-0.15, -0.1) is 0 Å². The van der Waals surface area contributed by atoms with Crippen molar-refractivity contribution in [2.45, 2.75) is 39.3 Å². The average molecular weight is 224 g/mol. The predicted octanol–water partition coefficient (Wildman–Crippen LogP) is 0.755. The van der Waals surface area contributed by atoms with Crippen LogP contribution < -0.4 is 10.6 Å². The van der Waals surface area contributed by atoms with Crippen LogP contribution in [0.4, 0.5) is 11.5 Å². The Labute approximate surface area is 95.8 Å². The zero-order valence-electron chi connectivity index (χ0n) is 10.2. The van der Waals surface area contributed by atoms with Gasteiger partial charge in [0.25, 0.3) is 0 Å². The molecule has 1 fully saturated rings. The van der Waals surface area contributed by atoms with Gasteiger partial charge in [-0.2, -0.15) is 5.10 Å². The molecule has 16 heavy (non-hydrogen) atoms. The zero-order valence-corrected chi connectivity index (χ0v) is 10.2. The normalized spacial score (nSPS) is 25.4. The van der Waals surface area contributed by atoms with Gasteiger partial charge in [0.15, 0.2) is 5.82 Å². The van der Waals surface area contributed by atoms with Gasteiger partial charge in [-0.05, 0) is 27.2 Å². The first-order valence-electron chi connectivity index (χ1n) is 5.75. The van der Waals surface area contributed by atoms with Crippen molar-refractivity contribution in [3.05, 3.63) is 5.69 Å². The third-order valence-corrected chi connectivity index (χ3v) is 3.20. The molecular weight excluding hydrogens is 204 g/mol. The number of nitrogen functional groups attached to an aromatic ring is 1. The number of hydrogen-bond acceptors (Lipinski definition) is 4.